The fourth-order valence-electron chi connectivity index (χ4n) is 3.74. The first kappa shape index (κ1) is 20.1. The van der Waals surface area contributed by atoms with Crippen LogP contribution in [0.1, 0.15) is 41.0 Å². The van der Waals surface area contributed by atoms with Gasteiger partial charge in [0.2, 0.25) is 5.91 Å². The van der Waals surface area contributed by atoms with E-state index in [-0.39, 0.29) is 40.8 Å². The van der Waals surface area contributed by atoms with Crippen LogP contribution in [0.5, 0.6) is 0 Å². The van der Waals surface area contributed by atoms with Crippen LogP contribution < -0.4 is 5.32 Å². The number of hydrogen-bond donors (Lipinski definition) is 1. The van der Waals surface area contributed by atoms with E-state index in [2.05, 4.69) is 15.5 Å². The molecule has 0 radical (unpaired) electrons. The van der Waals surface area contributed by atoms with Gasteiger partial charge in [-0.3, -0.25) is 9.59 Å². The summed E-state index contributed by atoms with van der Waals surface area (Å²) in [7, 11) is -1.09. The molecule has 1 saturated heterocycles. The zero-order valence-corrected chi connectivity index (χ0v) is 17.8. The van der Waals surface area contributed by atoms with Crippen LogP contribution >= 0.6 is 11.8 Å². The lowest BCUT2D eigenvalue weighted by molar-refractivity contribution is -0.116. The van der Waals surface area contributed by atoms with E-state index in [0.717, 1.165) is 17.1 Å². The molecule has 0 saturated carbocycles. The summed E-state index contributed by atoms with van der Waals surface area (Å²) in [4.78, 5) is 24.4. The number of carbonyl (C=O) groups excluding carboxylic acids is 2. The molecule has 0 aliphatic carbocycles. The standard InChI is InChI=1S/C19H22N4O4S2/c1-11-14-8-13(3-4-15(14)20-18(11)25)16(24)9-28-19-22-21-17(23(19)2)7-12-5-6-29(26,27)10-12/h3-4,8,11-12H,5-7,9-10H2,1-2H3,(H,20,25)/t11-,12-/m1/s1. The Balaban J connectivity index is 1.39. The molecule has 8 nitrogen and oxygen atoms in total. The molecule has 0 bridgehead atoms. The largest absolute Gasteiger partial charge is 0.325 e. The minimum atomic E-state index is -2.92. The van der Waals surface area contributed by atoms with Crippen LogP contribution in [0.25, 0.3) is 0 Å². The first-order chi connectivity index (χ1) is 13.7. The highest BCUT2D eigenvalue weighted by Crippen LogP contribution is 2.33. The summed E-state index contributed by atoms with van der Waals surface area (Å²) in [6, 6.07) is 5.27. The normalized spacial score (nSPS) is 22.5. The smallest absolute Gasteiger partial charge is 0.231 e. The van der Waals surface area contributed by atoms with Crippen LogP contribution in [-0.2, 0) is 28.1 Å². The van der Waals surface area contributed by atoms with E-state index in [4.69, 9.17) is 0 Å². The van der Waals surface area contributed by atoms with Gasteiger partial charge in [0.25, 0.3) is 0 Å². The number of Topliss-reactive ketones (excluding diaryl/α,β-unsaturated/α-hetero) is 1. The third-order valence-corrected chi connectivity index (χ3v) is 8.40. The SMILES string of the molecule is C[C@H]1C(=O)Nc2ccc(C(=O)CSc3nnc(C[C@H]4CCS(=O)(=O)C4)n3C)cc21. The molecule has 29 heavy (non-hydrogen) atoms. The molecule has 1 amide bonds. The average molecular weight is 435 g/mol. The topological polar surface area (TPSA) is 111 Å². The quantitative estimate of drug-likeness (QED) is 0.545. The van der Waals surface area contributed by atoms with Crippen molar-refractivity contribution in [2.24, 2.45) is 13.0 Å². The molecule has 1 fully saturated rings. The van der Waals surface area contributed by atoms with E-state index in [1.54, 1.807) is 18.2 Å². The predicted molar refractivity (Wildman–Crippen MR) is 110 cm³/mol. The highest BCUT2D eigenvalue weighted by molar-refractivity contribution is 7.99. The molecular formula is C19H22N4O4S2. The Labute approximate surface area is 173 Å². The van der Waals surface area contributed by atoms with Crippen LogP contribution in [0, 0.1) is 5.92 Å². The number of aromatic nitrogens is 3. The van der Waals surface area contributed by atoms with Gasteiger partial charge < -0.3 is 9.88 Å². The number of rotatable bonds is 6. The molecule has 3 heterocycles. The molecule has 0 spiro atoms. The van der Waals surface area contributed by atoms with Gasteiger partial charge in [-0.25, -0.2) is 8.42 Å². The van der Waals surface area contributed by atoms with E-state index >= 15 is 0 Å². The van der Waals surface area contributed by atoms with Crippen molar-refractivity contribution >= 4 is 39.0 Å². The van der Waals surface area contributed by atoms with Crippen LogP contribution in [0.4, 0.5) is 5.69 Å². The molecule has 0 unspecified atom stereocenters. The monoisotopic (exact) mass is 434 g/mol. The van der Waals surface area contributed by atoms with Crippen molar-refractivity contribution in [1.29, 1.82) is 0 Å². The van der Waals surface area contributed by atoms with Gasteiger partial charge in [-0.05, 0) is 43.0 Å². The van der Waals surface area contributed by atoms with E-state index in [0.29, 0.717) is 23.6 Å². The number of benzene rings is 1. The molecule has 1 N–H and O–H groups in total. The number of nitrogens with zero attached hydrogens (tertiary/aromatic N) is 3. The number of sulfone groups is 1. The number of anilines is 1. The van der Waals surface area contributed by atoms with Crippen molar-refractivity contribution in [2.45, 2.75) is 30.8 Å². The second kappa shape index (κ2) is 7.56. The van der Waals surface area contributed by atoms with Gasteiger partial charge in [-0.1, -0.05) is 11.8 Å². The van der Waals surface area contributed by atoms with Crippen LogP contribution in [-0.4, -0.2) is 52.1 Å². The summed E-state index contributed by atoms with van der Waals surface area (Å²) in [6.07, 6.45) is 1.23. The fraction of sp³-hybridized carbons (Fsp3) is 0.474. The molecule has 10 heteroatoms. The van der Waals surface area contributed by atoms with E-state index in [9.17, 15) is 18.0 Å². The van der Waals surface area contributed by atoms with Gasteiger partial charge in [0.15, 0.2) is 20.8 Å². The number of ketones is 1. The zero-order chi connectivity index (χ0) is 20.8. The molecule has 2 aliphatic heterocycles. The maximum Gasteiger partial charge on any atom is 0.231 e. The average Bonchev–Trinajstić information content (AvgIpc) is 3.30. The van der Waals surface area contributed by atoms with Crippen LogP contribution in [0.3, 0.4) is 0 Å². The van der Waals surface area contributed by atoms with Gasteiger partial charge in [0.05, 0.1) is 23.2 Å². The van der Waals surface area contributed by atoms with Gasteiger partial charge in [-0.2, -0.15) is 0 Å². The number of hydrogen-bond acceptors (Lipinski definition) is 7. The molecule has 4 rings (SSSR count). The van der Waals surface area contributed by atoms with Crippen LogP contribution in [0.2, 0.25) is 0 Å². The summed E-state index contributed by atoms with van der Waals surface area (Å²) >= 11 is 1.30. The lowest BCUT2D eigenvalue weighted by Crippen LogP contribution is -2.11. The third kappa shape index (κ3) is 4.09. The van der Waals surface area contributed by atoms with E-state index in [1.807, 2.05) is 18.5 Å². The highest BCUT2D eigenvalue weighted by atomic mass is 32.2. The Morgan fingerprint density at radius 2 is 2.14 bits per heavy atom. The summed E-state index contributed by atoms with van der Waals surface area (Å²) < 4.78 is 25.1. The Hall–Kier alpha value is -2.20. The van der Waals surface area contributed by atoms with Crippen molar-refractivity contribution in [3.63, 3.8) is 0 Å². The summed E-state index contributed by atoms with van der Waals surface area (Å²) in [5.41, 5.74) is 2.18. The Morgan fingerprint density at radius 3 is 2.86 bits per heavy atom. The summed E-state index contributed by atoms with van der Waals surface area (Å²) in [6.45, 7) is 1.82. The van der Waals surface area contributed by atoms with Crippen molar-refractivity contribution in [1.82, 2.24) is 14.8 Å². The van der Waals surface area contributed by atoms with Gasteiger partial charge in [-0.15, -0.1) is 10.2 Å². The molecule has 2 atom stereocenters. The maximum atomic E-state index is 12.6. The minimum Gasteiger partial charge on any atom is -0.325 e. The highest BCUT2D eigenvalue weighted by Gasteiger charge is 2.30. The maximum absolute atomic E-state index is 12.6. The summed E-state index contributed by atoms with van der Waals surface area (Å²) in [5.74, 6) is 1.10. The van der Waals surface area contributed by atoms with Gasteiger partial charge >= 0.3 is 0 Å². The lowest BCUT2D eigenvalue weighted by atomic mass is 9.99. The second-order valence-electron chi connectivity index (χ2n) is 7.66. The number of thioether (sulfide) groups is 1. The van der Waals surface area contributed by atoms with Crippen molar-refractivity contribution in [2.75, 3.05) is 22.6 Å². The van der Waals surface area contributed by atoms with Gasteiger partial charge in [0, 0.05) is 24.7 Å². The molecule has 1 aromatic carbocycles. The molecule has 154 valence electrons. The van der Waals surface area contributed by atoms with Crippen molar-refractivity contribution in [3.05, 3.63) is 35.2 Å². The lowest BCUT2D eigenvalue weighted by Gasteiger charge is -2.08. The minimum absolute atomic E-state index is 0.0456. The molecule has 1 aromatic heterocycles. The predicted octanol–water partition coefficient (Wildman–Crippen LogP) is 1.82. The van der Waals surface area contributed by atoms with Crippen molar-refractivity contribution < 1.29 is 18.0 Å². The Morgan fingerprint density at radius 1 is 1.34 bits per heavy atom. The molecule has 2 aliphatic rings. The first-order valence-electron chi connectivity index (χ1n) is 9.43. The number of fused-ring (bicyclic) bond motifs is 1. The summed E-state index contributed by atoms with van der Waals surface area (Å²) in [5, 5.41) is 11.8. The Bertz CT molecular complexity index is 1090. The third-order valence-electron chi connectivity index (χ3n) is 5.55. The number of nitrogens with one attached hydrogen (secondary N) is 1. The number of amides is 1. The second-order valence-corrected chi connectivity index (χ2v) is 10.8. The first-order valence-corrected chi connectivity index (χ1v) is 12.2. The molecular weight excluding hydrogens is 412 g/mol. The van der Waals surface area contributed by atoms with E-state index in [1.165, 1.54) is 11.8 Å². The zero-order valence-electron chi connectivity index (χ0n) is 16.2. The van der Waals surface area contributed by atoms with Gasteiger partial charge in [0.1, 0.15) is 5.82 Å². The van der Waals surface area contributed by atoms with Crippen LogP contribution in [0.15, 0.2) is 23.4 Å². The number of carbonyl (C=O) groups is 2. The fourth-order valence-corrected chi connectivity index (χ4v) is 6.43. The Kier molecular flexibility index (Phi) is 5.24. The molecule has 2 aromatic rings. The van der Waals surface area contributed by atoms with E-state index < -0.39 is 9.84 Å². The van der Waals surface area contributed by atoms with Crippen molar-refractivity contribution in [3.8, 4) is 0 Å².